The van der Waals surface area contributed by atoms with Gasteiger partial charge >= 0.3 is 11.9 Å². The summed E-state index contributed by atoms with van der Waals surface area (Å²) >= 11 is 0. The predicted molar refractivity (Wildman–Crippen MR) is 61.1 cm³/mol. The minimum atomic E-state index is -0.861. The average molecular weight is 230 g/mol. The molecule has 0 aromatic carbocycles. The van der Waals surface area contributed by atoms with Gasteiger partial charge in [-0.25, -0.2) is 0 Å². The molecule has 0 bridgehead atoms. The number of carboxylic acids is 1. The van der Waals surface area contributed by atoms with Crippen molar-refractivity contribution in [3.05, 3.63) is 0 Å². The molecule has 4 nitrogen and oxygen atoms in total. The maximum atomic E-state index is 11.4. The largest absolute Gasteiger partial charge is 0.481 e. The lowest BCUT2D eigenvalue weighted by atomic mass is 9.89. The summed E-state index contributed by atoms with van der Waals surface area (Å²) in [5.41, 5.74) is 0. The molecule has 0 aliphatic carbocycles. The van der Waals surface area contributed by atoms with Gasteiger partial charge in [-0.2, -0.15) is 0 Å². The number of rotatable bonds is 8. The number of hydrogen-bond donors (Lipinski definition) is 1. The summed E-state index contributed by atoms with van der Waals surface area (Å²) in [6.45, 7) is 6.31. The van der Waals surface area contributed by atoms with Crippen LogP contribution in [0.2, 0.25) is 0 Å². The summed E-state index contributed by atoms with van der Waals surface area (Å²) < 4.78 is 5.01. The van der Waals surface area contributed by atoms with Crippen LogP contribution < -0.4 is 0 Å². The second-order valence-corrected chi connectivity index (χ2v) is 4.38. The fourth-order valence-electron chi connectivity index (χ4n) is 1.37. The highest BCUT2D eigenvalue weighted by molar-refractivity contribution is 5.72. The maximum Gasteiger partial charge on any atom is 0.306 e. The lowest BCUT2D eigenvalue weighted by molar-refractivity contribution is -0.146. The van der Waals surface area contributed by atoms with Gasteiger partial charge in [0, 0.05) is 12.8 Å². The molecular weight excluding hydrogens is 208 g/mol. The number of aliphatic carboxylic acids is 1. The van der Waals surface area contributed by atoms with Crippen LogP contribution in [0.4, 0.5) is 0 Å². The zero-order valence-corrected chi connectivity index (χ0v) is 10.4. The van der Waals surface area contributed by atoms with Crippen LogP contribution in [0.15, 0.2) is 0 Å². The van der Waals surface area contributed by atoms with Gasteiger partial charge in [-0.1, -0.05) is 27.2 Å². The monoisotopic (exact) mass is 230 g/mol. The number of unbranched alkanes of at least 4 members (excludes halogenated alkanes) is 1. The molecule has 94 valence electrons. The number of carboxylic acid groups (broad SMARTS) is 1. The van der Waals surface area contributed by atoms with E-state index in [1.165, 1.54) is 0 Å². The van der Waals surface area contributed by atoms with Gasteiger partial charge in [0.15, 0.2) is 0 Å². The topological polar surface area (TPSA) is 63.6 Å². The van der Waals surface area contributed by atoms with E-state index in [1.54, 1.807) is 0 Å². The van der Waals surface area contributed by atoms with Gasteiger partial charge < -0.3 is 9.84 Å². The van der Waals surface area contributed by atoms with Crippen molar-refractivity contribution in [3.8, 4) is 0 Å². The molecule has 1 N–H and O–H groups in total. The molecule has 0 heterocycles. The van der Waals surface area contributed by atoms with Crippen molar-refractivity contribution in [1.29, 1.82) is 0 Å². The van der Waals surface area contributed by atoms with Crippen molar-refractivity contribution in [2.75, 3.05) is 6.61 Å². The van der Waals surface area contributed by atoms with Crippen LogP contribution in [0.25, 0.3) is 0 Å². The summed E-state index contributed by atoms with van der Waals surface area (Å²) in [4.78, 5) is 22.0. The highest BCUT2D eigenvalue weighted by Gasteiger charge is 2.21. The molecule has 4 heteroatoms. The van der Waals surface area contributed by atoms with E-state index in [4.69, 9.17) is 9.84 Å². The van der Waals surface area contributed by atoms with Gasteiger partial charge in [-0.3, -0.25) is 9.59 Å². The molecule has 0 rings (SSSR count). The standard InChI is InChI=1S/C12H22O4/c1-4-5-6-16-12(15)8-10(9(2)3)7-11(13)14/h9-10H,4-8H2,1-3H3,(H,13,14). The quantitative estimate of drug-likeness (QED) is 0.514. The van der Waals surface area contributed by atoms with E-state index in [0.717, 1.165) is 12.8 Å². The van der Waals surface area contributed by atoms with E-state index in [2.05, 4.69) is 0 Å². The lowest BCUT2D eigenvalue weighted by Gasteiger charge is -2.17. The smallest absolute Gasteiger partial charge is 0.306 e. The third-order valence-electron chi connectivity index (χ3n) is 2.57. The predicted octanol–water partition coefficient (Wildman–Crippen LogP) is 2.47. The number of carbonyl (C=O) groups excluding carboxylic acids is 1. The molecule has 0 saturated carbocycles. The summed E-state index contributed by atoms with van der Waals surface area (Å²) in [6.07, 6.45) is 2.07. The Balaban J connectivity index is 3.98. The first-order chi connectivity index (χ1) is 7.47. The Labute approximate surface area is 97.0 Å². The maximum absolute atomic E-state index is 11.4. The Hall–Kier alpha value is -1.06. The van der Waals surface area contributed by atoms with Gasteiger partial charge in [0.25, 0.3) is 0 Å². The minimum absolute atomic E-state index is 0.0283. The SMILES string of the molecule is CCCCOC(=O)CC(CC(=O)O)C(C)C. The summed E-state index contributed by atoms with van der Waals surface area (Å²) in [7, 11) is 0. The molecule has 0 radical (unpaired) electrons. The van der Waals surface area contributed by atoms with E-state index in [-0.39, 0.29) is 30.6 Å². The first kappa shape index (κ1) is 14.9. The van der Waals surface area contributed by atoms with Crippen molar-refractivity contribution >= 4 is 11.9 Å². The van der Waals surface area contributed by atoms with Crippen molar-refractivity contribution in [2.45, 2.75) is 46.5 Å². The minimum Gasteiger partial charge on any atom is -0.481 e. The fourth-order valence-corrected chi connectivity index (χ4v) is 1.37. The van der Waals surface area contributed by atoms with Gasteiger partial charge in [0.1, 0.15) is 0 Å². The highest BCUT2D eigenvalue weighted by atomic mass is 16.5. The molecule has 0 saturated heterocycles. The number of esters is 1. The molecule has 0 aromatic heterocycles. The Bertz CT molecular complexity index is 223. The summed E-state index contributed by atoms with van der Waals surface area (Å²) in [6, 6.07) is 0. The lowest BCUT2D eigenvalue weighted by Crippen LogP contribution is -2.19. The van der Waals surface area contributed by atoms with Crippen LogP contribution in [-0.4, -0.2) is 23.7 Å². The van der Waals surface area contributed by atoms with Crippen LogP contribution in [0.3, 0.4) is 0 Å². The van der Waals surface area contributed by atoms with E-state index in [0.29, 0.717) is 6.61 Å². The van der Waals surface area contributed by atoms with Crippen LogP contribution in [0.1, 0.15) is 46.5 Å². The molecule has 0 amide bonds. The van der Waals surface area contributed by atoms with Crippen molar-refractivity contribution in [1.82, 2.24) is 0 Å². The number of carbonyl (C=O) groups is 2. The first-order valence-electron chi connectivity index (χ1n) is 5.84. The molecule has 16 heavy (non-hydrogen) atoms. The average Bonchev–Trinajstić information content (AvgIpc) is 2.16. The van der Waals surface area contributed by atoms with Gasteiger partial charge in [0.2, 0.25) is 0 Å². The molecular formula is C12H22O4. The molecule has 0 spiro atoms. The normalized spacial score (nSPS) is 12.5. The number of hydrogen-bond acceptors (Lipinski definition) is 3. The zero-order valence-electron chi connectivity index (χ0n) is 10.4. The van der Waals surface area contributed by atoms with Crippen LogP contribution in [-0.2, 0) is 14.3 Å². The molecule has 1 unspecified atom stereocenters. The summed E-state index contributed by atoms with van der Waals surface area (Å²) in [5.74, 6) is -1.10. The fraction of sp³-hybridized carbons (Fsp3) is 0.833. The molecule has 0 fully saturated rings. The van der Waals surface area contributed by atoms with E-state index in [1.807, 2.05) is 20.8 Å². The van der Waals surface area contributed by atoms with Crippen molar-refractivity contribution < 1.29 is 19.4 Å². The van der Waals surface area contributed by atoms with E-state index in [9.17, 15) is 9.59 Å². The highest BCUT2D eigenvalue weighted by Crippen LogP contribution is 2.19. The van der Waals surface area contributed by atoms with Crippen LogP contribution in [0, 0.1) is 11.8 Å². The van der Waals surface area contributed by atoms with E-state index >= 15 is 0 Å². The molecule has 0 aromatic rings. The summed E-state index contributed by atoms with van der Waals surface area (Å²) in [5, 5.41) is 8.71. The Morgan fingerprint density at radius 3 is 2.31 bits per heavy atom. The second kappa shape index (κ2) is 8.13. The zero-order chi connectivity index (χ0) is 12.6. The van der Waals surface area contributed by atoms with Crippen LogP contribution >= 0.6 is 0 Å². The van der Waals surface area contributed by atoms with Gasteiger partial charge in [-0.05, 0) is 18.3 Å². The first-order valence-corrected chi connectivity index (χ1v) is 5.84. The molecule has 0 aliphatic rings. The van der Waals surface area contributed by atoms with Crippen molar-refractivity contribution in [3.63, 3.8) is 0 Å². The Morgan fingerprint density at radius 1 is 1.25 bits per heavy atom. The van der Waals surface area contributed by atoms with Crippen molar-refractivity contribution in [2.24, 2.45) is 11.8 Å². The number of ether oxygens (including phenoxy) is 1. The second-order valence-electron chi connectivity index (χ2n) is 4.38. The van der Waals surface area contributed by atoms with E-state index < -0.39 is 5.97 Å². The molecule has 1 atom stereocenters. The Morgan fingerprint density at radius 2 is 1.88 bits per heavy atom. The Kier molecular flexibility index (Phi) is 7.60. The third kappa shape index (κ3) is 7.26. The van der Waals surface area contributed by atoms with Gasteiger partial charge in [-0.15, -0.1) is 0 Å². The van der Waals surface area contributed by atoms with Gasteiger partial charge in [0.05, 0.1) is 6.61 Å². The van der Waals surface area contributed by atoms with Crippen LogP contribution in [0.5, 0.6) is 0 Å². The molecule has 0 aliphatic heterocycles. The third-order valence-corrected chi connectivity index (χ3v) is 2.57.